The molecule has 1 aromatic rings. The van der Waals surface area contributed by atoms with E-state index in [4.69, 9.17) is 5.11 Å². The van der Waals surface area contributed by atoms with Crippen LogP contribution in [0.4, 0.5) is 13.2 Å². The third-order valence-electron chi connectivity index (χ3n) is 2.53. The molecule has 0 aliphatic carbocycles. The SMILES string of the molecule is CCC[C@H](NC(=O)c1ccc(OC(F)(F)F)cc1)C(=O)O. The van der Waals surface area contributed by atoms with Crippen LogP contribution < -0.4 is 10.1 Å². The van der Waals surface area contributed by atoms with Crippen LogP contribution in [0.15, 0.2) is 24.3 Å². The lowest BCUT2D eigenvalue weighted by molar-refractivity contribution is -0.274. The van der Waals surface area contributed by atoms with Gasteiger partial charge in [-0.1, -0.05) is 13.3 Å². The van der Waals surface area contributed by atoms with Crippen LogP contribution in [0.3, 0.4) is 0 Å². The Balaban J connectivity index is 2.72. The van der Waals surface area contributed by atoms with Crippen molar-refractivity contribution < 1.29 is 32.6 Å². The summed E-state index contributed by atoms with van der Waals surface area (Å²) >= 11 is 0. The molecule has 0 unspecified atom stereocenters. The zero-order valence-electron chi connectivity index (χ0n) is 11.1. The largest absolute Gasteiger partial charge is 0.573 e. The number of halogens is 3. The van der Waals surface area contributed by atoms with E-state index in [0.717, 1.165) is 24.3 Å². The van der Waals surface area contributed by atoms with Crippen LogP contribution in [0.5, 0.6) is 5.75 Å². The van der Waals surface area contributed by atoms with Crippen molar-refractivity contribution in [1.82, 2.24) is 5.32 Å². The maximum atomic E-state index is 12.0. The molecule has 0 aliphatic heterocycles. The normalized spacial score (nSPS) is 12.6. The number of ether oxygens (including phenoxy) is 1. The number of hydrogen-bond acceptors (Lipinski definition) is 3. The van der Waals surface area contributed by atoms with Crippen molar-refractivity contribution in [1.29, 1.82) is 0 Å². The van der Waals surface area contributed by atoms with Crippen molar-refractivity contribution in [2.75, 3.05) is 0 Å². The van der Waals surface area contributed by atoms with Gasteiger partial charge in [-0.05, 0) is 30.7 Å². The zero-order chi connectivity index (χ0) is 16.0. The first kappa shape index (κ1) is 16.8. The van der Waals surface area contributed by atoms with E-state index in [-0.39, 0.29) is 12.0 Å². The number of hydrogen-bond donors (Lipinski definition) is 2. The van der Waals surface area contributed by atoms with E-state index in [1.165, 1.54) is 0 Å². The molecule has 8 heteroatoms. The molecule has 0 fully saturated rings. The highest BCUT2D eigenvalue weighted by Crippen LogP contribution is 2.22. The molecule has 1 aromatic carbocycles. The lowest BCUT2D eigenvalue weighted by atomic mass is 10.1. The molecule has 1 rings (SSSR count). The molecule has 0 aliphatic rings. The highest BCUT2D eigenvalue weighted by atomic mass is 19.4. The van der Waals surface area contributed by atoms with Crippen LogP contribution >= 0.6 is 0 Å². The lowest BCUT2D eigenvalue weighted by Crippen LogP contribution is -2.40. The number of alkyl halides is 3. The Bertz CT molecular complexity index is 499. The first-order chi connectivity index (χ1) is 9.73. The summed E-state index contributed by atoms with van der Waals surface area (Å²) in [5.74, 6) is -2.29. The van der Waals surface area contributed by atoms with Crippen molar-refractivity contribution >= 4 is 11.9 Å². The van der Waals surface area contributed by atoms with Crippen molar-refractivity contribution in [2.45, 2.75) is 32.2 Å². The van der Waals surface area contributed by atoms with E-state index in [2.05, 4.69) is 10.1 Å². The van der Waals surface area contributed by atoms with Crippen LogP contribution in [-0.4, -0.2) is 29.4 Å². The number of amides is 1. The Kier molecular flexibility index (Phi) is 5.57. The van der Waals surface area contributed by atoms with Crippen LogP contribution in [0.1, 0.15) is 30.1 Å². The second-order valence-electron chi connectivity index (χ2n) is 4.23. The number of aliphatic carboxylic acids is 1. The molecule has 5 nitrogen and oxygen atoms in total. The Morgan fingerprint density at radius 1 is 1.29 bits per heavy atom. The van der Waals surface area contributed by atoms with E-state index in [1.54, 1.807) is 6.92 Å². The Labute approximate surface area is 118 Å². The summed E-state index contributed by atoms with van der Waals surface area (Å²) in [7, 11) is 0. The highest BCUT2D eigenvalue weighted by Gasteiger charge is 2.31. The van der Waals surface area contributed by atoms with Gasteiger partial charge in [-0.15, -0.1) is 13.2 Å². The Morgan fingerprint density at radius 3 is 2.29 bits per heavy atom. The summed E-state index contributed by atoms with van der Waals surface area (Å²) < 4.78 is 39.6. The molecule has 2 N–H and O–H groups in total. The number of carbonyl (C=O) groups excluding carboxylic acids is 1. The molecule has 21 heavy (non-hydrogen) atoms. The Morgan fingerprint density at radius 2 is 1.86 bits per heavy atom. The van der Waals surface area contributed by atoms with Gasteiger partial charge in [-0.25, -0.2) is 4.79 Å². The van der Waals surface area contributed by atoms with Crippen molar-refractivity contribution in [2.24, 2.45) is 0 Å². The van der Waals surface area contributed by atoms with Crippen molar-refractivity contribution in [3.8, 4) is 5.75 Å². The maximum Gasteiger partial charge on any atom is 0.573 e. The van der Waals surface area contributed by atoms with Crippen molar-refractivity contribution in [3.05, 3.63) is 29.8 Å². The third-order valence-corrected chi connectivity index (χ3v) is 2.53. The molecular formula is C13H14F3NO4. The number of carboxylic acids is 1. The molecule has 0 heterocycles. The number of rotatable bonds is 6. The Hall–Kier alpha value is -2.25. The molecule has 1 atom stereocenters. The van der Waals surface area contributed by atoms with Gasteiger partial charge in [0.05, 0.1) is 0 Å². The van der Waals surface area contributed by atoms with E-state index in [1.807, 2.05) is 0 Å². The lowest BCUT2D eigenvalue weighted by Gasteiger charge is -2.14. The minimum atomic E-state index is -4.81. The zero-order valence-corrected chi connectivity index (χ0v) is 11.1. The molecule has 0 bridgehead atoms. The molecule has 1 amide bonds. The molecular weight excluding hydrogens is 291 g/mol. The van der Waals surface area contributed by atoms with Crippen molar-refractivity contribution in [3.63, 3.8) is 0 Å². The first-order valence-corrected chi connectivity index (χ1v) is 6.12. The number of carbonyl (C=O) groups is 2. The quantitative estimate of drug-likeness (QED) is 0.847. The smallest absolute Gasteiger partial charge is 0.480 e. The summed E-state index contributed by atoms with van der Waals surface area (Å²) in [6, 6.07) is 3.19. The fourth-order valence-electron chi connectivity index (χ4n) is 1.60. The summed E-state index contributed by atoms with van der Waals surface area (Å²) in [5.41, 5.74) is 0.0480. The summed E-state index contributed by atoms with van der Waals surface area (Å²) in [6.07, 6.45) is -3.98. The average molecular weight is 305 g/mol. The van der Waals surface area contributed by atoms with Gasteiger partial charge in [-0.2, -0.15) is 0 Å². The predicted molar refractivity (Wildman–Crippen MR) is 66.9 cm³/mol. The minimum absolute atomic E-state index is 0.0480. The van der Waals surface area contributed by atoms with E-state index >= 15 is 0 Å². The maximum absolute atomic E-state index is 12.0. The van der Waals surface area contributed by atoms with Gasteiger partial charge in [0.1, 0.15) is 11.8 Å². The summed E-state index contributed by atoms with van der Waals surface area (Å²) in [4.78, 5) is 22.7. The second-order valence-corrected chi connectivity index (χ2v) is 4.23. The second kappa shape index (κ2) is 6.96. The fraction of sp³-hybridized carbons (Fsp3) is 0.385. The van der Waals surface area contributed by atoms with E-state index in [0.29, 0.717) is 6.42 Å². The standard InChI is InChI=1S/C13H14F3NO4/c1-2-3-10(12(19)20)17-11(18)8-4-6-9(7-5-8)21-13(14,15)16/h4-7,10H,2-3H2,1H3,(H,17,18)(H,19,20)/t10-/m0/s1. The van der Waals surface area contributed by atoms with Gasteiger partial charge in [0.15, 0.2) is 0 Å². The summed E-state index contributed by atoms with van der Waals surface area (Å²) in [6.45, 7) is 1.77. The molecule has 0 aromatic heterocycles. The van der Waals surface area contributed by atoms with Crippen LogP contribution in [-0.2, 0) is 4.79 Å². The minimum Gasteiger partial charge on any atom is -0.480 e. The van der Waals surface area contributed by atoms with E-state index < -0.39 is 30.0 Å². The predicted octanol–water partition coefficient (Wildman–Crippen LogP) is 2.57. The first-order valence-electron chi connectivity index (χ1n) is 6.12. The molecule has 0 radical (unpaired) electrons. The molecule has 0 saturated heterocycles. The van der Waals surface area contributed by atoms with Crippen LogP contribution in [0.25, 0.3) is 0 Å². The van der Waals surface area contributed by atoms with Gasteiger partial charge < -0.3 is 15.2 Å². The number of carboxylic acid groups (broad SMARTS) is 1. The topological polar surface area (TPSA) is 75.6 Å². The molecule has 0 spiro atoms. The van der Waals surface area contributed by atoms with Gasteiger partial charge >= 0.3 is 12.3 Å². The number of nitrogens with one attached hydrogen (secondary N) is 1. The van der Waals surface area contributed by atoms with Gasteiger partial charge in [0, 0.05) is 5.56 Å². The fourth-order valence-corrected chi connectivity index (χ4v) is 1.60. The van der Waals surface area contributed by atoms with Gasteiger partial charge in [-0.3, -0.25) is 4.79 Å². The average Bonchev–Trinajstić information content (AvgIpc) is 2.36. The third kappa shape index (κ3) is 5.72. The van der Waals surface area contributed by atoms with Crippen LogP contribution in [0, 0.1) is 0 Å². The van der Waals surface area contributed by atoms with Crippen LogP contribution in [0.2, 0.25) is 0 Å². The molecule has 0 saturated carbocycles. The highest BCUT2D eigenvalue weighted by molar-refractivity contribution is 5.96. The summed E-state index contributed by atoms with van der Waals surface area (Å²) in [5, 5.41) is 11.2. The van der Waals surface area contributed by atoms with E-state index in [9.17, 15) is 22.8 Å². The monoisotopic (exact) mass is 305 g/mol. The van der Waals surface area contributed by atoms with Gasteiger partial charge in [0.2, 0.25) is 0 Å². The molecule has 116 valence electrons. The van der Waals surface area contributed by atoms with Gasteiger partial charge in [0.25, 0.3) is 5.91 Å². The number of benzene rings is 1.